The fourth-order valence-corrected chi connectivity index (χ4v) is 14.8. The van der Waals surface area contributed by atoms with Gasteiger partial charge < -0.3 is 89.4 Å². The van der Waals surface area contributed by atoms with Crippen molar-refractivity contribution >= 4 is 18.2 Å². The summed E-state index contributed by atoms with van der Waals surface area (Å²) in [6.07, 6.45) is -20.5. The molecule has 8 aliphatic rings. The second-order valence-corrected chi connectivity index (χ2v) is 22.8. The summed E-state index contributed by atoms with van der Waals surface area (Å²) in [4.78, 5) is 39.8. The molecule has 9 unspecified atom stereocenters. The van der Waals surface area contributed by atoms with E-state index in [2.05, 4.69) is 40.7 Å². The number of hydrogen-bond donors (Lipinski definition) is 11. The van der Waals surface area contributed by atoms with Gasteiger partial charge in [-0.25, -0.2) is 4.79 Å². The van der Waals surface area contributed by atoms with Crippen LogP contribution in [0.4, 0.5) is 0 Å². The normalized spacial score (nSPS) is 54.0. The SMILES string of the molecule is CC1(C)CC[C@]2(C(=O)O)C(O)C[C@]3(C)C(=CCC4C5(C)CC[C@H](O[C@@H]6OC(C(=O)O)[C@@H](O)[C@H](O[C@@H]7OC[C@@H](O)[C@@H](O)C7O)C6O[C@@H]6OC(CO)[C@@H](O)[C@H](O)C6O)[C@](C)(C=O)[C@@H]5CC[C@@]43C)C2C1. The monoisotopic (exact) mass is 956 g/mol. The molecule has 0 aromatic rings. The zero-order chi connectivity index (χ0) is 49.1. The van der Waals surface area contributed by atoms with Gasteiger partial charge in [0.05, 0.1) is 30.8 Å². The smallest absolute Gasteiger partial charge is 0.335 e. The Kier molecular flexibility index (Phi) is 13.6. The first kappa shape index (κ1) is 51.1. The van der Waals surface area contributed by atoms with Gasteiger partial charge in [-0.2, -0.15) is 0 Å². The summed E-state index contributed by atoms with van der Waals surface area (Å²) >= 11 is 0. The highest BCUT2D eigenvalue weighted by Crippen LogP contribution is 2.76. The van der Waals surface area contributed by atoms with Crippen LogP contribution in [0.2, 0.25) is 0 Å². The third kappa shape index (κ3) is 7.78. The van der Waals surface area contributed by atoms with E-state index in [9.17, 15) is 70.6 Å². The maximum Gasteiger partial charge on any atom is 0.335 e. The van der Waals surface area contributed by atoms with Gasteiger partial charge in [0.1, 0.15) is 72.7 Å². The van der Waals surface area contributed by atoms with E-state index in [-0.39, 0.29) is 36.0 Å². The molecule has 0 aromatic carbocycles. The highest BCUT2D eigenvalue weighted by molar-refractivity contribution is 5.78. The molecule has 0 radical (unpaired) electrons. The number of carbonyl (C=O) groups excluding carboxylic acids is 1. The quantitative estimate of drug-likeness (QED) is 0.0753. The standard InChI is InChI=1S/C47H72O20/c1-42(2)13-14-47(41(60)61)21(15-42)20-7-8-25-43(3)11-10-27(44(4,19-49)24(43)9-12-45(25,5)46(20,6)16-26(47)51)64-40-36(67-39-32(56)30(54)29(53)23(17-48)63-39)34(33(57)35(66-40)37(58)59)65-38-31(55)28(52)22(50)18-62-38/h7,19,21-36,38-40,48,50-57H,8-18H2,1-6H3,(H,58,59)(H,60,61)/t21?,22-,23?,24-,25?,26?,27+,28-,29-,30+,31?,32?,33+,34+,35?,36?,38+,39+,40-,43?,44-,45+,46-,47-/m1/s1. The van der Waals surface area contributed by atoms with Crippen LogP contribution in [-0.2, 0) is 42.8 Å². The van der Waals surface area contributed by atoms with Crippen LogP contribution in [0.1, 0.15) is 99.3 Å². The Labute approximate surface area is 389 Å². The second-order valence-electron chi connectivity index (χ2n) is 22.8. The summed E-state index contributed by atoms with van der Waals surface area (Å²) in [5.41, 5.74) is -3.10. The number of aliphatic carboxylic acids is 2. The van der Waals surface area contributed by atoms with Crippen molar-refractivity contribution in [3.63, 3.8) is 0 Å². The Morgan fingerprint density at radius 1 is 0.731 bits per heavy atom. The van der Waals surface area contributed by atoms with Crippen LogP contribution < -0.4 is 0 Å². The molecule has 24 atom stereocenters. The molecule has 0 amide bonds. The summed E-state index contributed by atoms with van der Waals surface area (Å²) in [6, 6.07) is 0. The Morgan fingerprint density at radius 2 is 1.40 bits per heavy atom. The van der Waals surface area contributed by atoms with Crippen molar-refractivity contribution in [2.24, 2.45) is 50.2 Å². The highest BCUT2D eigenvalue weighted by atomic mass is 16.8. The van der Waals surface area contributed by atoms with Gasteiger partial charge in [-0.15, -0.1) is 0 Å². The van der Waals surface area contributed by atoms with Crippen LogP contribution >= 0.6 is 0 Å². The second kappa shape index (κ2) is 17.8. The molecule has 5 aliphatic carbocycles. The lowest BCUT2D eigenvalue weighted by molar-refractivity contribution is -0.391. The van der Waals surface area contributed by atoms with Gasteiger partial charge in [-0.1, -0.05) is 53.2 Å². The molecular weight excluding hydrogens is 884 g/mol. The molecule has 20 heteroatoms. The van der Waals surface area contributed by atoms with Gasteiger partial charge in [-0.3, -0.25) is 4.79 Å². The first-order chi connectivity index (χ1) is 31.3. The highest BCUT2D eigenvalue weighted by Gasteiger charge is 2.72. The number of aliphatic hydroxyl groups is 9. The van der Waals surface area contributed by atoms with E-state index in [4.69, 9.17) is 28.4 Å². The van der Waals surface area contributed by atoms with Gasteiger partial charge in [0.25, 0.3) is 0 Å². The number of ether oxygens (including phenoxy) is 6. The number of hydrogen-bond acceptors (Lipinski definition) is 18. The Hall–Kier alpha value is -2.25. The number of carboxylic acid groups (broad SMARTS) is 2. The minimum Gasteiger partial charge on any atom is -0.481 e. The number of aldehydes is 1. The molecule has 4 saturated carbocycles. The molecule has 0 spiro atoms. The topological polar surface area (TPSA) is 329 Å². The third-order valence-electron chi connectivity index (χ3n) is 18.9. The molecule has 0 bridgehead atoms. The maximum atomic E-state index is 13.8. The van der Waals surface area contributed by atoms with E-state index in [1.165, 1.54) is 0 Å². The van der Waals surface area contributed by atoms with Gasteiger partial charge in [0.2, 0.25) is 0 Å². The number of aliphatic hydroxyl groups excluding tert-OH is 9. The van der Waals surface area contributed by atoms with E-state index in [1.54, 1.807) is 6.92 Å². The van der Waals surface area contributed by atoms with Crippen LogP contribution in [0.25, 0.3) is 0 Å². The molecule has 0 aromatic heterocycles. The van der Waals surface area contributed by atoms with Crippen molar-refractivity contribution < 1.29 is 99.0 Å². The van der Waals surface area contributed by atoms with Gasteiger partial charge in [0.15, 0.2) is 25.0 Å². The molecule has 380 valence electrons. The fourth-order valence-electron chi connectivity index (χ4n) is 14.8. The molecule has 11 N–H and O–H groups in total. The van der Waals surface area contributed by atoms with Crippen LogP contribution in [0.15, 0.2) is 11.6 Å². The Balaban J connectivity index is 1.13. The Bertz CT molecular complexity index is 1910. The van der Waals surface area contributed by atoms with Crippen molar-refractivity contribution in [3.8, 4) is 0 Å². The molecule has 7 fully saturated rings. The lowest BCUT2D eigenvalue weighted by Crippen LogP contribution is -2.69. The summed E-state index contributed by atoms with van der Waals surface area (Å²) < 4.78 is 35.9. The minimum absolute atomic E-state index is 0.0258. The Morgan fingerprint density at radius 3 is 2.04 bits per heavy atom. The van der Waals surface area contributed by atoms with Crippen LogP contribution in [0.5, 0.6) is 0 Å². The van der Waals surface area contributed by atoms with E-state index < -0.39 is 150 Å². The third-order valence-corrected chi connectivity index (χ3v) is 18.9. The lowest BCUT2D eigenvalue weighted by Gasteiger charge is -2.71. The van der Waals surface area contributed by atoms with E-state index in [0.29, 0.717) is 44.9 Å². The van der Waals surface area contributed by atoms with Crippen molar-refractivity contribution in [3.05, 3.63) is 11.6 Å². The minimum atomic E-state index is -2.14. The van der Waals surface area contributed by atoms with Crippen LogP contribution in [0.3, 0.4) is 0 Å². The van der Waals surface area contributed by atoms with Gasteiger partial charge in [-0.05, 0) is 97.2 Å². The molecule has 67 heavy (non-hydrogen) atoms. The zero-order valence-corrected chi connectivity index (χ0v) is 39.0. The van der Waals surface area contributed by atoms with Gasteiger partial charge >= 0.3 is 11.9 Å². The first-order valence-corrected chi connectivity index (χ1v) is 23.8. The van der Waals surface area contributed by atoms with E-state index in [1.807, 2.05) is 0 Å². The summed E-state index contributed by atoms with van der Waals surface area (Å²) in [6.45, 7) is 11.3. The van der Waals surface area contributed by atoms with E-state index in [0.717, 1.165) is 11.9 Å². The first-order valence-electron chi connectivity index (χ1n) is 23.8. The fraction of sp³-hybridized carbons (Fsp3) is 0.894. The molecule has 20 nitrogen and oxygen atoms in total. The molecule has 3 aliphatic heterocycles. The zero-order valence-electron chi connectivity index (χ0n) is 39.0. The summed E-state index contributed by atoms with van der Waals surface area (Å²) in [5, 5.41) is 118. The average molecular weight is 957 g/mol. The number of allylic oxidation sites excluding steroid dienone is 2. The maximum absolute atomic E-state index is 13.8. The van der Waals surface area contributed by atoms with E-state index >= 15 is 0 Å². The van der Waals surface area contributed by atoms with Crippen molar-refractivity contribution in [2.75, 3.05) is 13.2 Å². The number of fused-ring (bicyclic) bond motifs is 7. The molecule has 3 heterocycles. The molecular formula is C47H72O20. The van der Waals surface area contributed by atoms with Crippen LogP contribution in [-0.4, -0.2) is 186 Å². The van der Waals surface area contributed by atoms with Crippen molar-refractivity contribution in [2.45, 2.75) is 198 Å². The largest absolute Gasteiger partial charge is 0.481 e. The number of rotatable bonds is 10. The van der Waals surface area contributed by atoms with Crippen molar-refractivity contribution in [1.29, 1.82) is 0 Å². The summed E-state index contributed by atoms with van der Waals surface area (Å²) in [5.74, 6) is -3.36. The summed E-state index contributed by atoms with van der Waals surface area (Å²) in [7, 11) is 0. The predicted molar refractivity (Wildman–Crippen MR) is 227 cm³/mol. The number of carboxylic acids is 2. The molecule has 8 rings (SSSR count). The average Bonchev–Trinajstić information content (AvgIpc) is 3.26. The van der Waals surface area contributed by atoms with Crippen LogP contribution in [0, 0.1) is 50.2 Å². The molecule has 3 saturated heterocycles. The predicted octanol–water partition coefficient (Wildman–Crippen LogP) is -0.413. The lowest BCUT2D eigenvalue weighted by atomic mass is 9.33. The van der Waals surface area contributed by atoms with Gasteiger partial charge in [0, 0.05) is 0 Å². The number of carbonyl (C=O) groups is 3. The van der Waals surface area contributed by atoms with Crippen molar-refractivity contribution in [1.82, 2.24) is 0 Å².